The molecule has 552 valence electrons. The third kappa shape index (κ3) is 49.1. The smallest absolute Gasteiger partial charge is 0.167 e. The summed E-state index contributed by atoms with van der Waals surface area (Å²) >= 11 is 0. The van der Waals surface area contributed by atoms with Crippen molar-refractivity contribution < 1.29 is 30.3 Å². The summed E-state index contributed by atoms with van der Waals surface area (Å²) < 4.78 is 0. The highest BCUT2D eigenvalue weighted by Crippen LogP contribution is 2.51. The summed E-state index contributed by atoms with van der Waals surface area (Å²) in [6.45, 7) is 10.7. The van der Waals surface area contributed by atoms with Gasteiger partial charge in [-0.05, 0) is 32.1 Å². The predicted octanol–water partition coefficient (Wildman–Crippen LogP) is 27.8. The molecule has 0 saturated heterocycles. The second kappa shape index (κ2) is 69.0. The number of hydrogen-bond acceptors (Lipinski definition) is 6. The molecule has 0 unspecified atom stereocenters. The van der Waals surface area contributed by atoms with Gasteiger partial charge in [0.15, 0.2) is 11.4 Å². The van der Waals surface area contributed by atoms with Gasteiger partial charge < -0.3 is 25.5 Å². The van der Waals surface area contributed by atoms with Gasteiger partial charge in [-0.1, -0.05) is 478 Å². The van der Waals surface area contributed by atoms with E-state index in [0.29, 0.717) is 32.1 Å². The SMILES string of the molecule is CCCCCCCCCCCCCCCCC(=O)[C@@](O)(CCCCCCCCCCCCCCCC)[C@](O)(CCCCCCCCCCCCCCCC)[C@@](O)(CCCCCCCCCCCCCCCC)[C@](O)(CO)CCCCCCCCCCCCCCCC. The van der Waals surface area contributed by atoms with E-state index in [1.165, 1.54) is 321 Å². The number of unbranched alkanes of at least 4 members (excludes halogenated alkanes) is 65. The van der Waals surface area contributed by atoms with Crippen LogP contribution in [0.25, 0.3) is 0 Å². The number of ketones is 1. The summed E-state index contributed by atoms with van der Waals surface area (Å²) in [6.07, 6.45) is 84.1. The predicted molar refractivity (Wildman–Crippen MR) is 407 cm³/mol. The zero-order chi connectivity index (χ0) is 67.3. The first-order valence-corrected chi connectivity index (χ1v) is 43.1. The number of rotatable bonds is 80. The fourth-order valence-corrected chi connectivity index (χ4v) is 15.6. The fourth-order valence-electron chi connectivity index (χ4n) is 15.6. The highest BCUT2D eigenvalue weighted by atomic mass is 16.4. The maximum Gasteiger partial charge on any atom is 0.167 e. The van der Waals surface area contributed by atoms with E-state index in [4.69, 9.17) is 0 Å². The Labute approximate surface area is 578 Å². The molecule has 0 aliphatic carbocycles. The quantitative estimate of drug-likeness (QED) is 0.0387. The van der Waals surface area contributed by atoms with Crippen molar-refractivity contribution in [2.24, 2.45) is 0 Å². The maximum atomic E-state index is 15.4. The van der Waals surface area contributed by atoms with Crippen LogP contribution in [0.5, 0.6) is 0 Å². The van der Waals surface area contributed by atoms with Crippen LogP contribution < -0.4 is 0 Å². The van der Waals surface area contributed by atoms with Crippen LogP contribution in [-0.2, 0) is 4.79 Å². The molecule has 4 atom stereocenters. The summed E-state index contributed by atoms with van der Waals surface area (Å²) in [5.74, 6) is -0.366. The average molecular weight is 1300 g/mol. The Morgan fingerprint density at radius 1 is 0.207 bits per heavy atom. The molecule has 0 spiro atoms. The minimum absolute atomic E-state index is 0.0285. The van der Waals surface area contributed by atoms with Gasteiger partial charge in [-0.15, -0.1) is 0 Å². The Hall–Kier alpha value is -0.530. The summed E-state index contributed by atoms with van der Waals surface area (Å²) in [5, 5.41) is 66.8. The van der Waals surface area contributed by atoms with Crippen molar-refractivity contribution in [3.8, 4) is 0 Å². The van der Waals surface area contributed by atoms with Gasteiger partial charge in [0.25, 0.3) is 0 Å². The van der Waals surface area contributed by atoms with Gasteiger partial charge in [-0.2, -0.15) is 0 Å². The number of carbonyl (C=O) groups is 1. The summed E-state index contributed by atoms with van der Waals surface area (Å²) in [6, 6.07) is 0. The van der Waals surface area contributed by atoms with Gasteiger partial charge in [-0.3, -0.25) is 4.79 Å². The molecule has 0 aliphatic rings. The molecule has 6 nitrogen and oxygen atoms in total. The minimum atomic E-state index is -2.34. The number of aliphatic hydroxyl groups is 5. The minimum Gasteiger partial charge on any atom is -0.393 e. The van der Waals surface area contributed by atoms with Crippen molar-refractivity contribution in [1.29, 1.82) is 0 Å². The lowest BCUT2D eigenvalue weighted by Gasteiger charge is -2.58. The van der Waals surface area contributed by atoms with Gasteiger partial charge in [0.05, 0.1) is 6.61 Å². The number of Topliss-reactive ketones (excluding diaryl/α,β-unsaturated/α-hetero) is 1. The molecule has 6 heteroatoms. The van der Waals surface area contributed by atoms with Crippen molar-refractivity contribution in [3.05, 3.63) is 0 Å². The summed E-state index contributed by atoms with van der Waals surface area (Å²) in [4.78, 5) is 15.4. The van der Waals surface area contributed by atoms with E-state index in [-0.39, 0.29) is 37.9 Å². The van der Waals surface area contributed by atoms with E-state index in [9.17, 15) is 25.5 Å². The van der Waals surface area contributed by atoms with Crippen LogP contribution in [0.4, 0.5) is 0 Å². The van der Waals surface area contributed by atoms with E-state index >= 15 is 4.79 Å². The third-order valence-electron chi connectivity index (χ3n) is 22.2. The van der Waals surface area contributed by atoms with Crippen molar-refractivity contribution in [2.45, 2.75) is 539 Å². The highest BCUT2D eigenvalue weighted by Gasteiger charge is 2.69. The van der Waals surface area contributed by atoms with Crippen LogP contribution in [0, 0.1) is 0 Å². The zero-order valence-corrected chi connectivity index (χ0v) is 63.9. The van der Waals surface area contributed by atoms with Crippen molar-refractivity contribution in [1.82, 2.24) is 0 Å². The molecule has 0 saturated carbocycles. The Balaban J connectivity index is 6.73. The Kier molecular flexibility index (Phi) is 68.6. The Morgan fingerprint density at radius 3 is 0.576 bits per heavy atom. The van der Waals surface area contributed by atoms with Gasteiger partial charge in [0.1, 0.15) is 16.8 Å². The van der Waals surface area contributed by atoms with E-state index in [1.54, 1.807) is 0 Å². The molecule has 0 amide bonds. The molecule has 0 aromatic heterocycles. The largest absolute Gasteiger partial charge is 0.393 e. The molecular weight excluding hydrogens is 1130 g/mol. The standard InChI is InChI=1S/C86H172O6/c1-6-11-16-21-26-31-36-41-46-51-56-61-66-71-76-82(88)84(90,78-73-68-63-58-53-48-43-38-33-28-23-18-13-8-3)86(92,80-75-70-65-60-55-50-45-40-35-30-25-20-15-10-5)85(91,79-74-69-64-59-54-49-44-39-34-29-24-19-14-9-4)83(89,81-87)77-72-67-62-57-52-47-42-37-32-27-22-17-12-7-2/h87,89-92H,6-81H2,1-5H3/t83-,84+,85-,86-/m1/s1. The second-order valence-corrected chi connectivity index (χ2v) is 30.9. The monoisotopic (exact) mass is 1300 g/mol. The molecule has 0 fully saturated rings. The molecule has 0 heterocycles. The Bertz CT molecular complexity index is 1450. The van der Waals surface area contributed by atoms with Gasteiger partial charge in [0.2, 0.25) is 0 Å². The summed E-state index contributed by atoms with van der Waals surface area (Å²) in [5.41, 5.74) is -9.00. The first-order chi connectivity index (χ1) is 45.0. The van der Waals surface area contributed by atoms with Crippen LogP contribution in [0.1, 0.15) is 516 Å². The van der Waals surface area contributed by atoms with Crippen LogP contribution in [0.2, 0.25) is 0 Å². The fraction of sp³-hybridized carbons (Fsp3) is 0.988. The number of hydrogen-bond donors (Lipinski definition) is 5. The van der Waals surface area contributed by atoms with E-state index in [0.717, 1.165) is 96.3 Å². The van der Waals surface area contributed by atoms with E-state index in [1.807, 2.05) is 0 Å². The highest BCUT2D eigenvalue weighted by molar-refractivity contribution is 5.89. The number of aliphatic hydroxyl groups excluding tert-OH is 1. The maximum absolute atomic E-state index is 15.4. The molecule has 0 aromatic rings. The molecule has 0 radical (unpaired) electrons. The molecule has 0 aliphatic heterocycles. The molecule has 5 N–H and O–H groups in total. The third-order valence-corrected chi connectivity index (χ3v) is 22.2. The molecule has 0 rings (SSSR count). The lowest BCUT2D eigenvalue weighted by Crippen LogP contribution is -2.78. The van der Waals surface area contributed by atoms with Crippen LogP contribution in [0.3, 0.4) is 0 Å². The lowest BCUT2D eigenvalue weighted by atomic mass is 9.56. The Morgan fingerprint density at radius 2 is 0.370 bits per heavy atom. The van der Waals surface area contributed by atoms with Gasteiger partial charge in [0, 0.05) is 6.42 Å². The lowest BCUT2D eigenvalue weighted by molar-refractivity contribution is -0.308. The first-order valence-electron chi connectivity index (χ1n) is 43.1. The van der Waals surface area contributed by atoms with Gasteiger partial charge in [-0.25, -0.2) is 0 Å². The van der Waals surface area contributed by atoms with Crippen LogP contribution >= 0.6 is 0 Å². The second-order valence-electron chi connectivity index (χ2n) is 30.9. The molecular formula is C86H172O6. The number of carbonyl (C=O) groups excluding carboxylic acids is 1. The van der Waals surface area contributed by atoms with Crippen LogP contribution in [0.15, 0.2) is 0 Å². The molecule has 0 bridgehead atoms. The van der Waals surface area contributed by atoms with E-state index in [2.05, 4.69) is 34.6 Å². The normalized spacial score (nSPS) is 14.6. The zero-order valence-electron chi connectivity index (χ0n) is 63.9. The molecule has 92 heavy (non-hydrogen) atoms. The van der Waals surface area contributed by atoms with Crippen molar-refractivity contribution in [3.63, 3.8) is 0 Å². The van der Waals surface area contributed by atoms with Crippen molar-refractivity contribution >= 4 is 5.78 Å². The van der Waals surface area contributed by atoms with Crippen LogP contribution in [-0.4, -0.2) is 60.3 Å². The van der Waals surface area contributed by atoms with Crippen molar-refractivity contribution in [2.75, 3.05) is 6.61 Å². The molecule has 0 aromatic carbocycles. The average Bonchev–Trinajstić information content (AvgIpc) is 0.715. The first kappa shape index (κ1) is 91.5. The summed E-state index contributed by atoms with van der Waals surface area (Å²) in [7, 11) is 0. The topological polar surface area (TPSA) is 118 Å². The van der Waals surface area contributed by atoms with E-state index < -0.39 is 29.0 Å². The van der Waals surface area contributed by atoms with Gasteiger partial charge >= 0.3 is 0 Å².